The second kappa shape index (κ2) is 8.91. The molecule has 1 aliphatic rings. The minimum absolute atomic E-state index is 0.0238. The van der Waals surface area contributed by atoms with E-state index >= 15 is 0 Å². The SMILES string of the molecule is COC(=O)C1CCN(c2ncnc(Nc3cc(Cl)ccc3OC)c2[N+](=O)[O-])CC1. The van der Waals surface area contributed by atoms with Crippen molar-refractivity contribution < 1.29 is 19.2 Å². The van der Waals surface area contributed by atoms with Crippen molar-refractivity contribution in [2.45, 2.75) is 12.8 Å². The summed E-state index contributed by atoms with van der Waals surface area (Å²) in [5.41, 5.74) is 0.184. The van der Waals surface area contributed by atoms with Crippen molar-refractivity contribution in [3.05, 3.63) is 39.7 Å². The number of esters is 1. The molecule has 0 amide bonds. The summed E-state index contributed by atoms with van der Waals surface area (Å²) < 4.78 is 10.1. The fraction of sp³-hybridized carbons (Fsp3) is 0.389. The Labute approximate surface area is 171 Å². The number of aromatic nitrogens is 2. The molecule has 0 saturated carbocycles. The molecule has 3 rings (SSSR count). The summed E-state index contributed by atoms with van der Waals surface area (Å²) in [5, 5.41) is 15.2. The largest absolute Gasteiger partial charge is 0.495 e. The minimum Gasteiger partial charge on any atom is -0.495 e. The number of benzene rings is 1. The van der Waals surface area contributed by atoms with E-state index in [0.717, 1.165) is 0 Å². The van der Waals surface area contributed by atoms with Gasteiger partial charge in [-0.05, 0) is 31.0 Å². The Bertz CT molecular complexity index is 918. The molecule has 29 heavy (non-hydrogen) atoms. The predicted molar refractivity (Wildman–Crippen MR) is 107 cm³/mol. The number of nitro groups is 1. The van der Waals surface area contributed by atoms with Gasteiger partial charge in [0.15, 0.2) is 0 Å². The van der Waals surface area contributed by atoms with Gasteiger partial charge in [0, 0.05) is 18.1 Å². The standard InChI is InChI=1S/C18H20ClN5O5/c1-28-14-4-3-12(19)9-13(14)22-16-15(24(26)27)17(21-10-20-16)23-7-5-11(6-8-23)18(25)29-2/h3-4,9-11H,5-8H2,1-2H3,(H,20,21,22). The minimum atomic E-state index is -0.527. The van der Waals surface area contributed by atoms with Gasteiger partial charge in [-0.25, -0.2) is 9.97 Å². The van der Waals surface area contributed by atoms with Gasteiger partial charge in [0.1, 0.15) is 12.1 Å². The number of anilines is 3. The van der Waals surface area contributed by atoms with Crippen molar-refractivity contribution in [1.82, 2.24) is 9.97 Å². The third-order valence-electron chi connectivity index (χ3n) is 4.73. The first-order chi connectivity index (χ1) is 13.9. The number of carbonyl (C=O) groups is 1. The van der Waals surface area contributed by atoms with Crippen LogP contribution >= 0.6 is 11.6 Å². The first kappa shape index (κ1) is 20.6. The van der Waals surface area contributed by atoms with Crippen molar-refractivity contribution in [1.29, 1.82) is 0 Å². The quantitative estimate of drug-likeness (QED) is 0.425. The Morgan fingerprint density at radius 1 is 1.31 bits per heavy atom. The lowest BCUT2D eigenvalue weighted by atomic mass is 9.97. The van der Waals surface area contributed by atoms with Crippen LogP contribution in [0.1, 0.15) is 12.8 Å². The van der Waals surface area contributed by atoms with Crippen LogP contribution in [-0.4, -0.2) is 48.2 Å². The first-order valence-corrected chi connectivity index (χ1v) is 9.25. The molecule has 0 unspecified atom stereocenters. The molecular formula is C18H20ClN5O5. The molecule has 1 N–H and O–H groups in total. The van der Waals surface area contributed by atoms with Crippen molar-refractivity contribution in [2.24, 2.45) is 5.92 Å². The molecule has 2 heterocycles. The third-order valence-corrected chi connectivity index (χ3v) is 4.96. The Kier molecular flexibility index (Phi) is 6.32. The van der Waals surface area contributed by atoms with Crippen LogP contribution in [-0.2, 0) is 9.53 Å². The van der Waals surface area contributed by atoms with E-state index < -0.39 is 4.92 Å². The van der Waals surface area contributed by atoms with E-state index in [-0.39, 0.29) is 29.2 Å². The summed E-state index contributed by atoms with van der Waals surface area (Å²) in [6.45, 7) is 0.884. The van der Waals surface area contributed by atoms with E-state index in [4.69, 9.17) is 21.1 Å². The molecule has 0 bridgehead atoms. The second-order valence-electron chi connectivity index (χ2n) is 6.41. The summed E-state index contributed by atoms with van der Waals surface area (Å²) in [4.78, 5) is 33.0. The van der Waals surface area contributed by atoms with Gasteiger partial charge in [0.25, 0.3) is 0 Å². The molecule has 0 radical (unpaired) electrons. The topological polar surface area (TPSA) is 120 Å². The lowest BCUT2D eigenvalue weighted by Gasteiger charge is -2.31. The van der Waals surface area contributed by atoms with Gasteiger partial charge in [0.05, 0.1) is 30.7 Å². The summed E-state index contributed by atoms with van der Waals surface area (Å²) in [6.07, 6.45) is 2.31. The molecule has 0 aliphatic carbocycles. The zero-order valence-electron chi connectivity index (χ0n) is 15.9. The number of piperidine rings is 1. The number of nitrogens with one attached hydrogen (secondary N) is 1. The lowest BCUT2D eigenvalue weighted by Crippen LogP contribution is -2.37. The van der Waals surface area contributed by atoms with E-state index in [1.807, 2.05) is 0 Å². The summed E-state index contributed by atoms with van der Waals surface area (Å²) in [5.74, 6) is 0.193. The van der Waals surface area contributed by atoms with E-state index in [2.05, 4.69) is 15.3 Å². The summed E-state index contributed by atoms with van der Waals surface area (Å²) in [6, 6.07) is 4.89. The van der Waals surface area contributed by atoms with E-state index in [1.54, 1.807) is 23.1 Å². The third kappa shape index (κ3) is 4.48. The molecule has 1 aromatic heterocycles. The predicted octanol–water partition coefficient (Wildman–Crippen LogP) is 3.18. The Morgan fingerprint density at radius 3 is 2.66 bits per heavy atom. The highest BCUT2D eigenvalue weighted by molar-refractivity contribution is 6.31. The number of halogens is 1. The van der Waals surface area contributed by atoms with Crippen LogP contribution in [0.4, 0.5) is 23.0 Å². The molecule has 2 aromatic rings. The highest BCUT2D eigenvalue weighted by Gasteiger charge is 2.32. The Morgan fingerprint density at radius 2 is 2.03 bits per heavy atom. The van der Waals surface area contributed by atoms with Crippen LogP contribution in [0.5, 0.6) is 5.75 Å². The van der Waals surface area contributed by atoms with Gasteiger partial charge < -0.3 is 19.7 Å². The Balaban J connectivity index is 1.91. The average Bonchev–Trinajstić information content (AvgIpc) is 2.73. The van der Waals surface area contributed by atoms with Gasteiger partial charge in [-0.3, -0.25) is 14.9 Å². The first-order valence-electron chi connectivity index (χ1n) is 8.87. The highest BCUT2D eigenvalue weighted by Crippen LogP contribution is 2.38. The van der Waals surface area contributed by atoms with Crippen molar-refractivity contribution in [3.63, 3.8) is 0 Å². The van der Waals surface area contributed by atoms with Gasteiger partial charge in [-0.2, -0.15) is 0 Å². The van der Waals surface area contributed by atoms with E-state index in [1.165, 1.54) is 20.5 Å². The zero-order valence-corrected chi connectivity index (χ0v) is 16.7. The number of nitrogens with zero attached hydrogens (tertiary/aromatic N) is 4. The molecule has 154 valence electrons. The fourth-order valence-corrected chi connectivity index (χ4v) is 3.43. The summed E-state index contributed by atoms with van der Waals surface area (Å²) in [7, 11) is 2.84. The maximum Gasteiger partial charge on any atom is 0.353 e. The van der Waals surface area contributed by atoms with E-state index in [9.17, 15) is 14.9 Å². The van der Waals surface area contributed by atoms with Crippen LogP contribution < -0.4 is 15.0 Å². The van der Waals surface area contributed by atoms with Crippen LogP contribution in [0.3, 0.4) is 0 Å². The molecule has 1 fully saturated rings. The van der Waals surface area contributed by atoms with Crippen LogP contribution in [0.15, 0.2) is 24.5 Å². The average molecular weight is 422 g/mol. The lowest BCUT2D eigenvalue weighted by molar-refractivity contribution is -0.383. The Hall–Kier alpha value is -3.14. The molecule has 1 aliphatic heterocycles. The molecular weight excluding hydrogens is 402 g/mol. The number of hydrogen-bond donors (Lipinski definition) is 1. The monoisotopic (exact) mass is 421 g/mol. The number of methoxy groups -OCH3 is 2. The zero-order chi connectivity index (χ0) is 21.0. The maximum atomic E-state index is 11.8. The van der Waals surface area contributed by atoms with Crippen LogP contribution in [0.2, 0.25) is 5.02 Å². The highest BCUT2D eigenvalue weighted by atomic mass is 35.5. The number of hydrogen-bond acceptors (Lipinski definition) is 9. The molecule has 0 atom stereocenters. The summed E-state index contributed by atoms with van der Waals surface area (Å²) >= 11 is 6.04. The normalized spacial score (nSPS) is 14.4. The van der Waals surface area contributed by atoms with E-state index in [0.29, 0.717) is 42.4 Å². The van der Waals surface area contributed by atoms with Crippen LogP contribution in [0.25, 0.3) is 0 Å². The number of carbonyl (C=O) groups excluding carboxylic acids is 1. The molecule has 1 saturated heterocycles. The smallest absolute Gasteiger partial charge is 0.353 e. The van der Waals surface area contributed by atoms with Crippen LogP contribution in [0, 0.1) is 16.0 Å². The van der Waals surface area contributed by atoms with Gasteiger partial charge in [-0.15, -0.1) is 0 Å². The molecule has 0 spiro atoms. The van der Waals surface area contributed by atoms with Crippen molar-refractivity contribution in [2.75, 3.05) is 37.5 Å². The van der Waals surface area contributed by atoms with Crippen molar-refractivity contribution >= 4 is 40.6 Å². The molecule has 10 nitrogen and oxygen atoms in total. The molecule has 1 aromatic carbocycles. The second-order valence-corrected chi connectivity index (χ2v) is 6.84. The maximum absolute atomic E-state index is 11.8. The molecule has 11 heteroatoms. The van der Waals surface area contributed by atoms with Gasteiger partial charge >= 0.3 is 11.7 Å². The van der Waals surface area contributed by atoms with Crippen molar-refractivity contribution in [3.8, 4) is 5.75 Å². The number of rotatable bonds is 6. The fourth-order valence-electron chi connectivity index (χ4n) is 3.26. The van der Waals surface area contributed by atoms with Gasteiger partial charge in [0.2, 0.25) is 11.6 Å². The van der Waals surface area contributed by atoms with Gasteiger partial charge in [-0.1, -0.05) is 11.6 Å². The number of ether oxygens (including phenoxy) is 2.